The van der Waals surface area contributed by atoms with Gasteiger partial charge in [0.25, 0.3) is 5.91 Å². The van der Waals surface area contributed by atoms with Gasteiger partial charge in [0.15, 0.2) is 6.10 Å². The summed E-state index contributed by atoms with van der Waals surface area (Å²) in [5.41, 5.74) is 7.76. The highest BCUT2D eigenvalue weighted by molar-refractivity contribution is 5.97. The molecule has 2 amide bonds. The molecule has 1 heterocycles. The zero-order valence-electron chi connectivity index (χ0n) is 15.0. The monoisotopic (exact) mass is 364 g/mol. The summed E-state index contributed by atoms with van der Waals surface area (Å²) >= 11 is 0. The Morgan fingerprint density at radius 1 is 1.15 bits per heavy atom. The number of nitrogens with one attached hydrogen (secondary N) is 1. The van der Waals surface area contributed by atoms with Crippen LogP contribution in [0, 0.1) is 6.92 Å². The molecule has 3 N–H and O–H groups in total. The summed E-state index contributed by atoms with van der Waals surface area (Å²) in [5, 5.41) is 7.11. The Morgan fingerprint density at radius 3 is 2.59 bits per heavy atom. The number of aromatic nitrogens is 2. The maximum Gasteiger partial charge on any atom is 0.265 e. The zero-order chi connectivity index (χ0) is 19.4. The molecule has 1 atom stereocenters. The van der Waals surface area contributed by atoms with Crippen molar-refractivity contribution in [1.29, 1.82) is 0 Å². The minimum atomic E-state index is -0.778. The van der Waals surface area contributed by atoms with Gasteiger partial charge in [0, 0.05) is 23.0 Å². The summed E-state index contributed by atoms with van der Waals surface area (Å²) in [4.78, 5) is 23.6. The molecule has 0 radical (unpaired) electrons. The van der Waals surface area contributed by atoms with Crippen LogP contribution in [0.25, 0.3) is 5.69 Å². The number of ether oxygens (including phenoxy) is 1. The highest BCUT2D eigenvalue weighted by atomic mass is 16.5. The predicted octanol–water partition coefficient (Wildman–Crippen LogP) is 2.69. The lowest BCUT2D eigenvalue weighted by Gasteiger charge is -2.14. The van der Waals surface area contributed by atoms with Crippen molar-refractivity contribution in [1.82, 2.24) is 9.78 Å². The molecule has 0 bridgehead atoms. The van der Waals surface area contributed by atoms with Crippen molar-refractivity contribution in [2.24, 2.45) is 5.73 Å². The Hall–Kier alpha value is -3.61. The lowest BCUT2D eigenvalue weighted by Crippen LogP contribution is -2.30. The number of nitrogens with zero attached hydrogens (tertiary/aromatic N) is 2. The molecule has 3 rings (SSSR count). The van der Waals surface area contributed by atoms with Crippen LogP contribution < -0.4 is 15.8 Å². The molecule has 2 aromatic carbocycles. The van der Waals surface area contributed by atoms with Crippen molar-refractivity contribution in [2.45, 2.75) is 20.0 Å². The fraction of sp³-hybridized carbons (Fsp3) is 0.150. The molecule has 27 heavy (non-hydrogen) atoms. The van der Waals surface area contributed by atoms with Crippen molar-refractivity contribution < 1.29 is 14.3 Å². The zero-order valence-corrected chi connectivity index (χ0v) is 15.0. The van der Waals surface area contributed by atoms with Crippen molar-refractivity contribution >= 4 is 17.5 Å². The van der Waals surface area contributed by atoms with Crippen LogP contribution >= 0.6 is 0 Å². The number of primary amides is 1. The third kappa shape index (κ3) is 4.33. The number of hydrogen-bond donors (Lipinski definition) is 2. The van der Waals surface area contributed by atoms with Crippen LogP contribution in [0.5, 0.6) is 5.88 Å². The fourth-order valence-corrected chi connectivity index (χ4v) is 2.49. The molecule has 0 aliphatic carbocycles. The van der Waals surface area contributed by atoms with Gasteiger partial charge in [-0.3, -0.25) is 9.59 Å². The maximum absolute atomic E-state index is 12.4. The minimum absolute atomic E-state index is 0.318. The highest BCUT2D eigenvalue weighted by Crippen LogP contribution is 2.19. The first-order valence-electron chi connectivity index (χ1n) is 8.43. The summed E-state index contributed by atoms with van der Waals surface area (Å²) in [5.74, 6) is -0.532. The number of para-hydroxylation sites is 1. The molecule has 0 saturated heterocycles. The standard InChI is InChI=1S/C20H20N4O3/c1-13-12-24(17-9-4-3-5-10-17)23-20(13)27-14(2)19(26)22-16-8-6-7-15(11-16)18(21)25/h3-12,14H,1-2H3,(H2,21,25)(H,22,26). The number of carbonyl (C=O) groups excluding carboxylic acids is 2. The third-order valence-corrected chi connectivity index (χ3v) is 3.94. The van der Waals surface area contributed by atoms with Gasteiger partial charge in [-0.25, -0.2) is 4.68 Å². The van der Waals surface area contributed by atoms with E-state index < -0.39 is 12.0 Å². The van der Waals surface area contributed by atoms with E-state index in [0.717, 1.165) is 11.3 Å². The number of aryl methyl sites for hydroxylation is 1. The average molecular weight is 364 g/mol. The fourth-order valence-electron chi connectivity index (χ4n) is 2.49. The van der Waals surface area contributed by atoms with E-state index in [-0.39, 0.29) is 5.91 Å². The van der Waals surface area contributed by atoms with Gasteiger partial charge in [0.1, 0.15) is 0 Å². The second kappa shape index (κ2) is 7.74. The predicted molar refractivity (Wildman–Crippen MR) is 102 cm³/mol. The van der Waals surface area contributed by atoms with E-state index in [1.54, 1.807) is 29.8 Å². The molecule has 1 aromatic heterocycles. The lowest BCUT2D eigenvalue weighted by molar-refractivity contribution is -0.122. The van der Waals surface area contributed by atoms with E-state index >= 15 is 0 Å². The largest absolute Gasteiger partial charge is 0.463 e. The first-order valence-corrected chi connectivity index (χ1v) is 8.43. The van der Waals surface area contributed by atoms with E-state index in [2.05, 4.69) is 10.4 Å². The molecule has 0 fully saturated rings. The van der Waals surface area contributed by atoms with E-state index in [0.29, 0.717) is 17.1 Å². The molecule has 7 nitrogen and oxygen atoms in total. The van der Waals surface area contributed by atoms with Gasteiger partial charge in [-0.15, -0.1) is 5.10 Å². The minimum Gasteiger partial charge on any atom is -0.463 e. The van der Waals surface area contributed by atoms with Crippen molar-refractivity contribution in [2.75, 3.05) is 5.32 Å². The summed E-state index contributed by atoms with van der Waals surface area (Å²) in [7, 11) is 0. The number of anilines is 1. The number of hydrogen-bond acceptors (Lipinski definition) is 4. The maximum atomic E-state index is 12.4. The topological polar surface area (TPSA) is 99.2 Å². The molecule has 1 unspecified atom stereocenters. The van der Waals surface area contributed by atoms with Crippen LogP contribution in [0.1, 0.15) is 22.8 Å². The number of amides is 2. The molecular formula is C20H20N4O3. The van der Waals surface area contributed by atoms with E-state index in [1.807, 2.05) is 43.5 Å². The molecule has 0 aliphatic heterocycles. The Balaban J connectivity index is 1.69. The Labute approximate surface area is 156 Å². The van der Waals surface area contributed by atoms with E-state index in [4.69, 9.17) is 10.5 Å². The van der Waals surface area contributed by atoms with Crippen LogP contribution in [0.15, 0.2) is 60.8 Å². The first-order chi connectivity index (χ1) is 12.9. The van der Waals surface area contributed by atoms with E-state index in [1.165, 1.54) is 6.07 Å². The molecular weight excluding hydrogens is 344 g/mol. The summed E-state index contributed by atoms with van der Waals surface area (Å²) < 4.78 is 7.42. The SMILES string of the molecule is Cc1cn(-c2ccccc2)nc1OC(C)C(=O)Nc1cccc(C(N)=O)c1. The smallest absolute Gasteiger partial charge is 0.265 e. The van der Waals surface area contributed by atoms with Crippen LogP contribution in [0.2, 0.25) is 0 Å². The molecule has 138 valence electrons. The summed E-state index contributed by atoms with van der Waals surface area (Å²) in [6.07, 6.45) is 1.06. The molecule has 0 saturated carbocycles. The van der Waals surface area contributed by atoms with E-state index in [9.17, 15) is 9.59 Å². The van der Waals surface area contributed by atoms with Crippen LogP contribution in [0.4, 0.5) is 5.69 Å². The quantitative estimate of drug-likeness (QED) is 0.702. The number of carbonyl (C=O) groups is 2. The normalized spacial score (nSPS) is 11.6. The van der Waals surface area contributed by atoms with Crippen molar-refractivity contribution in [3.05, 3.63) is 71.9 Å². The second-order valence-electron chi connectivity index (χ2n) is 6.09. The Morgan fingerprint density at radius 2 is 1.89 bits per heavy atom. The lowest BCUT2D eigenvalue weighted by atomic mass is 10.2. The third-order valence-electron chi connectivity index (χ3n) is 3.94. The highest BCUT2D eigenvalue weighted by Gasteiger charge is 2.18. The van der Waals surface area contributed by atoms with Gasteiger partial charge in [-0.05, 0) is 44.2 Å². The molecule has 3 aromatic rings. The van der Waals surface area contributed by atoms with Gasteiger partial charge in [-0.2, -0.15) is 0 Å². The molecule has 7 heteroatoms. The number of nitrogens with two attached hydrogens (primary N) is 1. The van der Waals surface area contributed by atoms with Crippen molar-refractivity contribution in [3.63, 3.8) is 0 Å². The van der Waals surface area contributed by atoms with Gasteiger partial charge < -0.3 is 15.8 Å². The molecule has 0 spiro atoms. The number of benzene rings is 2. The second-order valence-corrected chi connectivity index (χ2v) is 6.09. The van der Waals surface area contributed by atoms with Gasteiger partial charge >= 0.3 is 0 Å². The van der Waals surface area contributed by atoms with Crippen LogP contribution in [-0.4, -0.2) is 27.7 Å². The van der Waals surface area contributed by atoms with Crippen molar-refractivity contribution in [3.8, 4) is 11.6 Å². The summed E-state index contributed by atoms with van der Waals surface area (Å²) in [6.45, 7) is 3.50. The van der Waals surface area contributed by atoms with Gasteiger partial charge in [0.2, 0.25) is 11.8 Å². The Bertz CT molecular complexity index is 966. The first kappa shape index (κ1) is 18.2. The van der Waals surface area contributed by atoms with Gasteiger partial charge in [0.05, 0.1) is 5.69 Å². The van der Waals surface area contributed by atoms with Crippen LogP contribution in [-0.2, 0) is 4.79 Å². The number of rotatable bonds is 6. The summed E-state index contributed by atoms with van der Waals surface area (Å²) in [6, 6.07) is 16.0. The van der Waals surface area contributed by atoms with Gasteiger partial charge in [-0.1, -0.05) is 24.3 Å². The molecule has 0 aliphatic rings. The van der Waals surface area contributed by atoms with Crippen LogP contribution in [0.3, 0.4) is 0 Å². The average Bonchev–Trinajstić information content (AvgIpc) is 3.03. The Kier molecular flexibility index (Phi) is 5.21.